The molecule has 3 N–H and O–H groups in total. The van der Waals surface area contributed by atoms with Crippen molar-refractivity contribution in [3.8, 4) is 11.8 Å². The molecule has 2 aromatic heterocycles. The van der Waals surface area contributed by atoms with Gasteiger partial charge < -0.3 is 20.4 Å². The summed E-state index contributed by atoms with van der Waals surface area (Å²) in [7, 11) is 1.87. The molecule has 0 fully saturated rings. The van der Waals surface area contributed by atoms with Gasteiger partial charge in [0.2, 0.25) is 5.95 Å². The Labute approximate surface area is 165 Å². The van der Waals surface area contributed by atoms with Crippen LogP contribution in [0.15, 0.2) is 48.8 Å². The van der Waals surface area contributed by atoms with E-state index in [1.54, 1.807) is 18.2 Å². The zero-order valence-corrected chi connectivity index (χ0v) is 15.6. The first-order valence-corrected chi connectivity index (χ1v) is 8.77. The third-order valence-electron chi connectivity index (χ3n) is 4.17. The van der Waals surface area contributed by atoms with Crippen LogP contribution in [0.25, 0.3) is 11.0 Å². The number of hydrogen-bond acceptors (Lipinski definition) is 6. The SMILES string of the molecule is Cn1c(NCc2ccc(Oc3ncc(Cl)cn3)cc2F)nc2ccc(N)cc21. The number of imidazole rings is 1. The number of nitrogens with two attached hydrogens (primary N) is 1. The topological polar surface area (TPSA) is 90.9 Å². The van der Waals surface area contributed by atoms with Crippen molar-refractivity contribution in [2.75, 3.05) is 11.1 Å². The summed E-state index contributed by atoms with van der Waals surface area (Å²) in [6.45, 7) is 0.260. The van der Waals surface area contributed by atoms with Crippen molar-refractivity contribution in [2.45, 2.75) is 6.54 Å². The van der Waals surface area contributed by atoms with Gasteiger partial charge in [0.1, 0.15) is 11.6 Å². The lowest BCUT2D eigenvalue weighted by Crippen LogP contribution is -2.06. The second kappa shape index (κ2) is 7.32. The normalized spacial score (nSPS) is 11.0. The molecule has 4 aromatic rings. The fourth-order valence-electron chi connectivity index (χ4n) is 2.73. The van der Waals surface area contributed by atoms with E-state index in [0.29, 0.717) is 28.0 Å². The maximum absolute atomic E-state index is 14.5. The molecule has 0 aliphatic rings. The molecule has 0 aliphatic heterocycles. The predicted octanol–water partition coefficient (Wildman–Crippen LogP) is 4.14. The molecule has 0 bridgehead atoms. The minimum absolute atomic E-state index is 0.0913. The van der Waals surface area contributed by atoms with E-state index in [1.165, 1.54) is 18.5 Å². The van der Waals surface area contributed by atoms with Crippen LogP contribution >= 0.6 is 11.6 Å². The smallest absolute Gasteiger partial charge is 0.321 e. The van der Waals surface area contributed by atoms with Gasteiger partial charge in [0, 0.05) is 30.9 Å². The zero-order chi connectivity index (χ0) is 19.7. The number of hydrogen-bond donors (Lipinski definition) is 2. The number of anilines is 2. The van der Waals surface area contributed by atoms with Crippen molar-refractivity contribution >= 4 is 34.3 Å². The van der Waals surface area contributed by atoms with Crippen LogP contribution in [-0.2, 0) is 13.6 Å². The maximum Gasteiger partial charge on any atom is 0.321 e. The highest BCUT2D eigenvalue weighted by molar-refractivity contribution is 6.30. The first-order chi connectivity index (χ1) is 13.5. The van der Waals surface area contributed by atoms with E-state index < -0.39 is 5.82 Å². The lowest BCUT2D eigenvalue weighted by Gasteiger charge is -2.09. The van der Waals surface area contributed by atoms with Gasteiger partial charge in [-0.3, -0.25) is 0 Å². The second-order valence-corrected chi connectivity index (χ2v) is 6.57. The second-order valence-electron chi connectivity index (χ2n) is 6.14. The Morgan fingerprint density at radius 2 is 1.96 bits per heavy atom. The molecule has 9 heteroatoms. The summed E-state index contributed by atoms with van der Waals surface area (Å²) in [6, 6.07) is 10.1. The van der Waals surface area contributed by atoms with E-state index in [1.807, 2.05) is 23.7 Å². The summed E-state index contributed by atoms with van der Waals surface area (Å²) in [6.07, 6.45) is 2.81. The van der Waals surface area contributed by atoms with Crippen LogP contribution in [0.1, 0.15) is 5.56 Å². The molecule has 0 radical (unpaired) electrons. The average molecular weight is 399 g/mol. The lowest BCUT2D eigenvalue weighted by atomic mass is 10.2. The molecule has 2 heterocycles. The summed E-state index contributed by atoms with van der Waals surface area (Å²) >= 11 is 5.73. The first-order valence-electron chi connectivity index (χ1n) is 8.39. The molecule has 0 spiro atoms. The predicted molar refractivity (Wildman–Crippen MR) is 106 cm³/mol. The number of aromatic nitrogens is 4. The van der Waals surface area contributed by atoms with Gasteiger partial charge in [-0.15, -0.1) is 0 Å². The molecule has 142 valence electrons. The minimum Gasteiger partial charge on any atom is -0.424 e. The van der Waals surface area contributed by atoms with E-state index >= 15 is 0 Å². The number of nitrogens with one attached hydrogen (secondary N) is 1. The molecule has 0 amide bonds. The van der Waals surface area contributed by atoms with Gasteiger partial charge in [0.15, 0.2) is 0 Å². The quantitative estimate of drug-likeness (QED) is 0.491. The molecule has 4 rings (SSSR count). The van der Waals surface area contributed by atoms with Crippen LogP contribution in [0.3, 0.4) is 0 Å². The Kier molecular flexibility index (Phi) is 4.70. The summed E-state index contributed by atoms with van der Waals surface area (Å²) in [4.78, 5) is 12.3. The summed E-state index contributed by atoms with van der Waals surface area (Å²) < 4.78 is 21.8. The molecule has 0 saturated carbocycles. The Hall–Kier alpha value is -3.39. The first kappa shape index (κ1) is 18.0. The Morgan fingerprint density at radius 3 is 2.71 bits per heavy atom. The number of nitrogen functional groups attached to an aromatic ring is 1. The average Bonchev–Trinajstić information content (AvgIpc) is 2.98. The molecule has 2 aromatic carbocycles. The van der Waals surface area contributed by atoms with Gasteiger partial charge >= 0.3 is 6.01 Å². The van der Waals surface area contributed by atoms with Crippen LogP contribution in [0, 0.1) is 5.82 Å². The third-order valence-corrected chi connectivity index (χ3v) is 4.37. The van der Waals surface area contributed by atoms with E-state index in [0.717, 1.165) is 11.0 Å². The van der Waals surface area contributed by atoms with Crippen molar-refractivity contribution < 1.29 is 9.13 Å². The number of fused-ring (bicyclic) bond motifs is 1. The molecule has 0 saturated heterocycles. The monoisotopic (exact) mass is 398 g/mol. The van der Waals surface area contributed by atoms with Crippen molar-refractivity contribution in [2.24, 2.45) is 7.05 Å². The summed E-state index contributed by atoms with van der Waals surface area (Å²) in [5.41, 5.74) is 8.66. The molecule has 28 heavy (non-hydrogen) atoms. The summed E-state index contributed by atoms with van der Waals surface area (Å²) in [5, 5.41) is 3.54. The highest BCUT2D eigenvalue weighted by atomic mass is 35.5. The van der Waals surface area contributed by atoms with Gasteiger partial charge in [0.25, 0.3) is 0 Å². The van der Waals surface area contributed by atoms with Crippen molar-refractivity contribution in [3.63, 3.8) is 0 Å². The van der Waals surface area contributed by atoms with Crippen LogP contribution in [0.4, 0.5) is 16.0 Å². The Morgan fingerprint density at radius 1 is 1.18 bits per heavy atom. The molecule has 7 nitrogen and oxygen atoms in total. The number of rotatable bonds is 5. The molecular weight excluding hydrogens is 383 g/mol. The van der Waals surface area contributed by atoms with Crippen molar-refractivity contribution in [3.05, 3.63) is 65.2 Å². The largest absolute Gasteiger partial charge is 0.424 e. The Balaban J connectivity index is 1.48. The summed E-state index contributed by atoms with van der Waals surface area (Å²) in [5.74, 6) is 0.499. The fourth-order valence-corrected chi connectivity index (χ4v) is 2.83. The van der Waals surface area contributed by atoms with E-state index in [2.05, 4.69) is 20.3 Å². The van der Waals surface area contributed by atoms with Crippen LogP contribution in [-0.4, -0.2) is 19.5 Å². The van der Waals surface area contributed by atoms with Gasteiger partial charge in [-0.05, 0) is 24.3 Å². The fraction of sp³-hybridized carbons (Fsp3) is 0.105. The van der Waals surface area contributed by atoms with Crippen LogP contribution < -0.4 is 15.8 Å². The van der Waals surface area contributed by atoms with Crippen molar-refractivity contribution in [1.82, 2.24) is 19.5 Å². The number of ether oxygens (including phenoxy) is 1. The zero-order valence-electron chi connectivity index (χ0n) is 14.9. The number of halogens is 2. The lowest BCUT2D eigenvalue weighted by molar-refractivity contribution is 0.437. The van der Waals surface area contributed by atoms with Gasteiger partial charge in [0.05, 0.1) is 28.4 Å². The maximum atomic E-state index is 14.5. The van der Waals surface area contributed by atoms with E-state index in [4.69, 9.17) is 22.1 Å². The number of aryl methyl sites for hydroxylation is 1. The van der Waals surface area contributed by atoms with Crippen LogP contribution in [0.5, 0.6) is 11.8 Å². The molecule has 0 atom stereocenters. The standard InChI is InChI=1S/C19H16ClFN6O/c1-27-17-6-13(22)3-5-16(17)26-18(27)23-8-11-2-4-14(7-15(11)21)28-19-24-9-12(20)10-25-19/h2-7,9-10H,8,22H2,1H3,(H,23,26). The molecule has 0 unspecified atom stereocenters. The molecular formula is C19H16ClFN6O. The minimum atomic E-state index is -0.415. The molecule has 0 aliphatic carbocycles. The highest BCUT2D eigenvalue weighted by Gasteiger charge is 2.10. The number of nitrogens with zero attached hydrogens (tertiary/aromatic N) is 4. The van der Waals surface area contributed by atoms with Gasteiger partial charge in [-0.1, -0.05) is 17.7 Å². The Bertz CT molecular complexity index is 1150. The third kappa shape index (κ3) is 3.67. The number of benzene rings is 2. The van der Waals surface area contributed by atoms with Crippen LogP contribution in [0.2, 0.25) is 5.02 Å². The van der Waals surface area contributed by atoms with Gasteiger partial charge in [-0.2, -0.15) is 0 Å². The van der Waals surface area contributed by atoms with Crippen molar-refractivity contribution in [1.29, 1.82) is 0 Å². The van der Waals surface area contributed by atoms with E-state index in [9.17, 15) is 4.39 Å². The van der Waals surface area contributed by atoms with E-state index in [-0.39, 0.29) is 12.6 Å². The highest BCUT2D eigenvalue weighted by Crippen LogP contribution is 2.24. The van der Waals surface area contributed by atoms with Gasteiger partial charge in [-0.25, -0.2) is 19.3 Å².